The monoisotopic (exact) mass is 281 g/mol. The van der Waals surface area contributed by atoms with Gasteiger partial charge in [-0.15, -0.1) is 0 Å². The van der Waals surface area contributed by atoms with E-state index in [4.69, 9.17) is 9.47 Å². The number of aldehydes is 1. The number of nitrogens with zero attached hydrogens (tertiary/aromatic N) is 1. The Kier molecular flexibility index (Phi) is 5.96. The van der Waals surface area contributed by atoms with E-state index in [0.717, 1.165) is 6.42 Å². The first-order valence-corrected chi connectivity index (χ1v) is 6.52. The van der Waals surface area contributed by atoms with Gasteiger partial charge in [0.05, 0.1) is 18.1 Å². The van der Waals surface area contributed by atoms with Gasteiger partial charge in [0, 0.05) is 11.6 Å². The van der Waals surface area contributed by atoms with Gasteiger partial charge in [-0.05, 0) is 25.3 Å². The highest BCUT2D eigenvalue weighted by Crippen LogP contribution is 2.38. The van der Waals surface area contributed by atoms with Crippen LogP contribution in [0.4, 0.5) is 5.69 Å². The van der Waals surface area contributed by atoms with Crippen LogP contribution in [0.5, 0.6) is 11.5 Å². The highest BCUT2D eigenvalue weighted by Gasteiger charge is 2.22. The number of carbonyl (C=O) groups excluding carboxylic acids is 1. The molecule has 1 aromatic rings. The quantitative estimate of drug-likeness (QED) is 0.415. The molecule has 1 aromatic carbocycles. The van der Waals surface area contributed by atoms with E-state index in [0.29, 0.717) is 25.4 Å². The number of rotatable bonds is 8. The summed E-state index contributed by atoms with van der Waals surface area (Å²) in [6, 6.07) is 2.65. The van der Waals surface area contributed by atoms with Crippen molar-refractivity contribution in [2.24, 2.45) is 5.92 Å². The van der Waals surface area contributed by atoms with E-state index < -0.39 is 4.92 Å². The van der Waals surface area contributed by atoms with Crippen molar-refractivity contribution in [2.45, 2.75) is 27.2 Å². The second kappa shape index (κ2) is 7.47. The van der Waals surface area contributed by atoms with Gasteiger partial charge in [0.2, 0.25) is 5.75 Å². The van der Waals surface area contributed by atoms with Gasteiger partial charge in [-0.2, -0.15) is 0 Å². The number of carbonyl (C=O) groups is 1. The molecule has 0 saturated heterocycles. The van der Waals surface area contributed by atoms with Crippen molar-refractivity contribution in [3.63, 3.8) is 0 Å². The molecule has 0 aliphatic carbocycles. The Morgan fingerprint density at radius 3 is 2.55 bits per heavy atom. The number of benzene rings is 1. The van der Waals surface area contributed by atoms with Crippen LogP contribution in [-0.4, -0.2) is 24.4 Å². The van der Waals surface area contributed by atoms with Crippen molar-refractivity contribution < 1.29 is 19.2 Å². The summed E-state index contributed by atoms with van der Waals surface area (Å²) >= 11 is 0. The summed E-state index contributed by atoms with van der Waals surface area (Å²) in [7, 11) is 0. The SMILES string of the molecule is CCOc1cc(C=O)cc([N+](=O)[O-])c1OCCC(C)C. The lowest BCUT2D eigenvalue weighted by Gasteiger charge is -2.13. The topological polar surface area (TPSA) is 78.7 Å². The molecule has 0 N–H and O–H groups in total. The lowest BCUT2D eigenvalue weighted by Crippen LogP contribution is -2.06. The zero-order valence-electron chi connectivity index (χ0n) is 11.9. The molecule has 0 aliphatic rings. The maximum Gasteiger partial charge on any atom is 0.315 e. The zero-order chi connectivity index (χ0) is 15.1. The summed E-state index contributed by atoms with van der Waals surface area (Å²) in [5.74, 6) is 0.745. The van der Waals surface area contributed by atoms with E-state index in [1.165, 1.54) is 12.1 Å². The maximum atomic E-state index is 11.1. The van der Waals surface area contributed by atoms with Crippen molar-refractivity contribution in [2.75, 3.05) is 13.2 Å². The Morgan fingerprint density at radius 1 is 1.35 bits per heavy atom. The molecule has 0 spiro atoms. The maximum absolute atomic E-state index is 11.1. The van der Waals surface area contributed by atoms with Crippen LogP contribution in [0.3, 0.4) is 0 Å². The molecule has 1 rings (SSSR count). The Labute approximate surface area is 117 Å². The highest BCUT2D eigenvalue weighted by atomic mass is 16.6. The van der Waals surface area contributed by atoms with E-state index in [-0.39, 0.29) is 22.7 Å². The third-order valence-electron chi connectivity index (χ3n) is 2.63. The predicted molar refractivity (Wildman–Crippen MR) is 74.6 cm³/mol. The summed E-state index contributed by atoms with van der Waals surface area (Å²) < 4.78 is 10.8. The standard InChI is InChI=1S/C14H19NO5/c1-4-19-13-8-11(9-16)7-12(15(17)18)14(13)20-6-5-10(2)3/h7-10H,4-6H2,1-3H3. The lowest BCUT2D eigenvalue weighted by atomic mass is 10.1. The number of nitro groups is 1. The van der Waals surface area contributed by atoms with Gasteiger partial charge in [-0.25, -0.2) is 0 Å². The van der Waals surface area contributed by atoms with E-state index in [1.54, 1.807) is 6.92 Å². The molecule has 0 amide bonds. The molecule has 0 aliphatic heterocycles. The first kappa shape index (κ1) is 15.9. The van der Waals surface area contributed by atoms with Crippen LogP contribution in [0.15, 0.2) is 12.1 Å². The van der Waals surface area contributed by atoms with Crippen molar-refractivity contribution in [1.29, 1.82) is 0 Å². The summed E-state index contributed by atoms with van der Waals surface area (Å²) in [6.07, 6.45) is 1.32. The van der Waals surface area contributed by atoms with Gasteiger partial charge < -0.3 is 9.47 Å². The van der Waals surface area contributed by atoms with E-state index in [1.807, 2.05) is 13.8 Å². The molecule has 0 saturated carbocycles. The van der Waals surface area contributed by atoms with E-state index in [2.05, 4.69) is 0 Å². The van der Waals surface area contributed by atoms with Crippen LogP contribution in [-0.2, 0) is 0 Å². The van der Waals surface area contributed by atoms with Crippen LogP contribution >= 0.6 is 0 Å². The van der Waals surface area contributed by atoms with Crippen molar-refractivity contribution >= 4 is 12.0 Å². The first-order chi connectivity index (χ1) is 9.49. The van der Waals surface area contributed by atoms with Crippen molar-refractivity contribution in [3.05, 3.63) is 27.8 Å². The summed E-state index contributed by atoms with van der Waals surface area (Å²) in [4.78, 5) is 21.4. The lowest BCUT2D eigenvalue weighted by molar-refractivity contribution is -0.386. The number of ether oxygens (including phenoxy) is 2. The van der Waals surface area contributed by atoms with Gasteiger partial charge in [-0.1, -0.05) is 13.8 Å². The molecule has 110 valence electrons. The van der Waals surface area contributed by atoms with Crippen LogP contribution in [0.25, 0.3) is 0 Å². The van der Waals surface area contributed by atoms with Crippen LogP contribution < -0.4 is 9.47 Å². The molecular weight excluding hydrogens is 262 g/mol. The van der Waals surface area contributed by atoms with Crippen molar-refractivity contribution in [3.8, 4) is 11.5 Å². The molecular formula is C14H19NO5. The van der Waals surface area contributed by atoms with Crippen molar-refractivity contribution in [1.82, 2.24) is 0 Å². The minimum Gasteiger partial charge on any atom is -0.490 e. The third-order valence-corrected chi connectivity index (χ3v) is 2.63. The number of hydrogen-bond acceptors (Lipinski definition) is 5. The fraction of sp³-hybridized carbons (Fsp3) is 0.500. The molecule has 0 bridgehead atoms. The summed E-state index contributed by atoms with van der Waals surface area (Å²) in [5, 5.41) is 11.1. The minimum absolute atomic E-state index is 0.0862. The molecule has 0 unspecified atom stereocenters. The fourth-order valence-electron chi connectivity index (χ4n) is 1.62. The Balaban J connectivity index is 3.14. The van der Waals surface area contributed by atoms with Crippen LogP contribution in [0.2, 0.25) is 0 Å². The van der Waals surface area contributed by atoms with Gasteiger partial charge in [-0.3, -0.25) is 14.9 Å². The molecule has 0 atom stereocenters. The van der Waals surface area contributed by atoms with E-state index in [9.17, 15) is 14.9 Å². The normalized spacial score (nSPS) is 10.4. The average Bonchev–Trinajstić information content (AvgIpc) is 2.39. The molecule has 6 nitrogen and oxygen atoms in total. The Bertz CT molecular complexity index is 485. The zero-order valence-corrected chi connectivity index (χ0v) is 11.9. The average molecular weight is 281 g/mol. The van der Waals surface area contributed by atoms with Gasteiger partial charge in [0.25, 0.3) is 0 Å². The third kappa shape index (κ3) is 4.22. The largest absolute Gasteiger partial charge is 0.490 e. The molecule has 0 radical (unpaired) electrons. The second-order valence-electron chi connectivity index (χ2n) is 4.71. The smallest absolute Gasteiger partial charge is 0.315 e. The van der Waals surface area contributed by atoms with Crippen LogP contribution in [0.1, 0.15) is 37.6 Å². The predicted octanol–water partition coefficient (Wildman–Crippen LogP) is 3.23. The van der Waals surface area contributed by atoms with Gasteiger partial charge in [0.1, 0.15) is 6.29 Å². The number of nitro benzene ring substituents is 1. The first-order valence-electron chi connectivity index (χ1n) is 6.52. The number of hydrogen-bond donors (Lipinski definition) is 0. The summed E-state index contributed by atoms with van der Waals surface area (Å²) in [5.41, 5.74) is -0.0573. The molecule has 0 fully saturated rings. The molecule has 6 heteroatoms. The van der Waals surface area contributed by atoms with Crippen LogP contribution in [0, 0.1) is 16.0 Å². The van der Waals surface area contributed by atoms with E-state index >= 15 is 0 Å². The minimum atomic E-state index is -0.569. The van der Waals surface area contributed by atoms with Gasteiger partial charge in [0.15, 0.2) is 5.75 Å². The second-order valence-corrected chi connectivity index (χ2v) is 4.71. The molecule has 0 heterocycles. The highest BCUT2D eigenvalue weighted by molar-refractivity contribution is 5.79. The fourth-order valence-corrected chi connectivity index (χ4v) is 1.62. The molecule has 0 aromatic heterocycles. The summed E-state index contributed by atoms with van der Waals surface area (Å²) in [6.45, 7) is 6.53. The Morgan fingerprint density at radius 2 is 2.05 bits per heavy atom. The molecule has 20 heavy (non-hydrogen) atoms. The Hall–Kier alpha value is -2.11. The van der Waals surface area contributed by atoms with Gasteiger partial charge >= 0.3 is 5.69 Å².